The number of carbonyl (C=O) groups is 1. The molecule has 0 saturated carbocycles. The number of carboxylic acids is 1. The molecule has 0 saturated heterocycles. The second kappa shape index (κ2) is 11.2. The van der Waals surface area contributed by atoms with E-state index in [0.717, 1.165) is 12.8 Å². The number of ether oxygens (including phenoxy) is 1. The molecular formula is C19H30O3. The van der Waals surface area contributed by atoms with Gasteiger partial charge < -0.3 is 9.84 Å². The zero-order chi connectivity index (χ0) is 16.2. The highest BCUT2D eigenvalue weighted by molar-refractivity contribution is 5.66. The van der Waals surface area contributed by atoms with Gasteiger partial charge >= 0.3 is 5.97 Å². The van der Waals surface area contributed by atoms with Gasteiger partial charge in [-0.2, -0.15) is 0 Å². The Balaban J connectivity index is 2.59. The first-order valence-electron chi connectivity index (χ1n) is 8.50. The molecule has 0 heterocycles. The Labute approximate surface area is 134 Å². The Morgan fingerprint density at radius 2 is 1.91 bits per heavy atom. The number of hydrogen-bond donors (Lipinski definition) is 1. The molecule has 0 amide bonds. The first-order chi connectivity index (χ1) is 10.7. The zero-order valence-electron chi connectivity index (χ0n) is 14.0. The van der Waals surface area contributed by atoms with E-state index in [0.29, 0.717) is 25.0 Å². The average Bonchev–Trinajstić information content (AvgIpc) is 2.52. The molecule has 3 nitrogen and oxygen atoms in total. The highest BCUT2D eigenvalue weighted by atomic mass is 16.5. The fourth-order valence-electron chi connectivity index (χ4n) is 2.91. The molecule has 0 aliphatic carbocycles. The molecule has 2 unspecified atom stereocenters. The van der Waals surface area contributed by atoms with Crippen LogP contribution in [-0.2, 0) is 16.0 Å². The summed E-state index contributed by atoms with van der Waals surface area (Å²) in [6, 6.07) is 10.5. The lowest BCUT2D eigenvalue weighted by Crippen LogP contribution is -2.23. The van der Waals surface area contributed by atoms with E-state index in [4.69, 9.17) is 9.84 Å². The quantitative estimate of drug-likeness (QED) is 0.576. The maximum Gasteiger partial charge on any atom is 0.305 e. The number of carboxylic acid groups (broad SMARTS) is 1. The van der Waals surface area contributed by atoms with Crippen molar-refractivity contribution in [3.8, 4) is 0 Å². The number of aliphatic carboxylic acids is 1. The van der Waals surface area contributed by atoms with Gasteiger partial charge in [0.15, 0.2) is 0 Å². The van der Waals surface area contributed by atoms with Gasteiger partial charge in [-0.3, -0.25) is 4.79 Å². The van der Waals surface area contributed by atoms with Crippen LogP contribution < -0.4 is 0 Å². The predicted molar refractivity (Wildman–Crippen MR) is 90.0 cm³/mol. The number of hydrogen-bond acceptors (Lipinski definition) is 2. The number of unbranched alkanes of at least 4 members (excludes halogenated alkanes) is 1. The highest BCUT2D eigenvalue weighted by Crippen LogP contribution is 2.26. The highest BCUT2D eigenvalue weighted by Gasteiger charge is 2.20. The van der Waals surface area contributed by atoms with Crippen LogP contribution in [0.3, 0.4) is 0 Å². The maximum atomic E-state index is 10.6. The van der Waals surface area contributed by atoms with E-state index < -0.39 is 5.97 Å². The molecule has 1 aromatic rings. The van der Waals surface area contributed by atoms with Gasteiger partial charge in [0, 0.05) is 6.61 Å². The molecule has 1 aromatic carbocycles. The summed E-state index contributed by atoms with van der Waals surface area (Å²) in [4.78, 5) is 10.6. The Morgan fingerprint density at radius 3 is 2.50 bits per heavy atom. The molecule has 0 fully saturated rings. The zero-order valence-corrected chi connectivity index (χ0v) is 14.0. The minimum Gasteiger partial charge on any atom is -0.481 e. The molecule has 0 aliphatic rings. The van der Waals surface area contributed by atoms with Gasteiger partial charge in [-0.1, -0.05) is 69.9 Å². The number of rotatable bonds is 12. The van der Waals surface area contributed by atoms with Crippen molar-refractivity contribution in [2.45, 2.75) is 52.4 Å². The SMILES string of the molecule is CCCCC(CC)C(COCCC(=O)O)Cc1ccccc1. The fraction of sp³-hybridized carbons (Fsp3) is 0.632. The largest absolute Gasteiger partial charge is 0.481 e. The van der Waals surface area contributed by atoms with Crippen LogP contribution in [0.4, 0.5) is 0 Å². The van der Waals surface area contributed by atoms with Crippen LogP contribution in [-0.4, -0.2) is 24.3 Å². The van der Waals surface area contributed by atoms with Gasteiger partial charge in [-0.25, -0.2) is 0 Å². The standard InChI is InChI=1S/C19H30O3/c1-3-5-11-17(4-2)18(15-22-13-12-19(20)21)14-16-9-7-6-8-10-16/h6-10,17-18H,3-5,11-15H2,1-2H3,(H,20,21). The van der Waals surface area contributed by atoms with Crippen molar-refractivity contribution in [2.24, 2.45) is 11.8 Å². The van der Waals surface area contributed by atoms with Crippen molar-refractivity contribution >= 4 is 5.97 Å². The van der Waals surface area contributed by atoms with Crippen LogP contribution in [0.5, 0.6) is 0 Å². The second-order valence-electron chi connectivity index (χ2n) is 5.98. The molecule has 0 aliphatic heterocycles. The Hall–Kier alpha value is -1.35. The van der Waals surface area contributed by atoms with Crippen LogP contribution in [0.25, 0.3) is 0 Å². The van der Waals surface area contributed by atoms with Gasteiger partial charge in [0.05, 0.1) is 13.0 Å². The van der Waals surface area contributed by atoms with Crippen molar-refractivity contribution in [3.05, 3.63) is 35.9 Å². The number of benzene rings is 1. The molecule has 0 radical (unpaired) electrons. The molecule has 1 N–H and O–H groups in total. The summed E-state index contributed by atoms with van der Waals surface area (Å²) in [6.45, 7) is 5.44. The monoisotopic (exact) mass is 306 g/mol. The molecule has 1 rings (SSSR count). The molecular weight excluding hydrogens is 276 g/mol. The molecule has 22 heavy (non-hydrogen) atoms. The summed E-state index contributed by atoms with van der Waals surface area (Å²) in [6.07, 6.45) is 5.94. The first-order valence-corrected chi connectivity index (χ1v) is 8.50. The van der Waals surface area contributed by atoms with Gasteiger partial charge in [-0.05, 0) is 23.8 Å². The van der Waals surface area contributed by atoms with Crippen molar-refractivity contribution < 1.29 is 14.6 Å². The third-order valence-electron chi connectivity index (χ3n) is 4.25. The lowest BCUT2D eigenvalue weighted by molar-refractivity contribution is -0.138. The molecule has 3 heteroatoms. The van der Waals surface area contributed by atoms with Gasteiger partial charge in [0.2, 0.25) is 0 Å². The van der Waals surface area contributed by atoms with Crippen molar-refractivity contribution in [2.75, 3.05) is 13.2 Å². The van der Waals surface area contributed by atoms with Crippen molar-refractivity contribution in [1.29, 1.82) is 0 Å². The van der Waals surface area contributed by atoms with E-state index in [1.807, 2.05) is 6.07 Å². The average molecular weight is 306 g/mol. The van der Waals surface area contributed by atoms with Crippen LogP contribution >= 0.6 is 0 Å². The Bertz CT molecular complexity index is 402. The lowest BCUT2D eigenvalue weighted by Gasteiger charge is -2.26. The first kappa shape index (κ1) is 18.7. The minimum atomic E-state index is -0.794. The third kappa shape index (κ3) is 7.60. The van der Waals surface area contributed by atoms with Crippen LogP contribution in [0.1, 0.15) is 51.5 Å². The van der Waals surface area contributed by atoms with Crippen molar-refractivity contribution in [1.82, 2.24) is 0 Å². The third-order valence-corrected chi connectivity index (χ3v) is 4.25. The van der Waals surface area contributed by atoms with Gasteiger partial charge in [-0.15, -0.1) is 0 Å². The molecule has 0 spiro atoms. The molecule has 0 aromatic heterocycles. The van der Waals surface area contributed by atoms with Gasteiger partial charge in [0.1, 0.15) is 0 Å². The summed E-state index contributed by atoms with van der Waals surface area (Å²) in [5, 5.41) is 8.71. The summed E-state index contributed by atoms with van der Waals surface area (Å²) >= 11 is 0. The van der Waals surface area contributed by atoms with Crippen molar-refractivity contribution in [3.63, 3.8) is 0 Å². The summed E-state index contributed by atoms with van der Waals surface area (Å²) < 4.78 is 5.66. The lowest BCUT2D eigenvalue weighted by atomic mass is 9.82. The van der Waals surface area contributed by atoms with Gasteiger partial charge in [0.25, 0.3) is 0 Å². The van der Waals surface area contributed by atoms with E-state index in [2.05, 4.69) is 38.1 Å². The van der Waals surface area contributed by atoms with Crippen LogP contribution in [0, 0.1) is 11.8 Å². The fourth-order valence-corrected chi connectivity index (χ4v) is 2.91. The Morgan fingerprint density at radius 1 is 1.18 bits per heavy atom. The topological polar surface area (TPSA) is 46.5 Å². The maximum absolute atomic E-state index is 10.6. The molecule has 2 atom stereocenters. The summed E-state index contributed by atoms with van der Waals surface area (Å²) in [5.74, 6) is 0.315. The van der Waals surface area contributed by atoms with Crippen LogP contribution in [0.15, 0.2) is 30.3 Å². The Kier molecular flexibility index (Phi) is 9.56. The van der Waals surface area contributed by atoms with E-state index in [1.165, 1.54) is 24.8 Å². The smallest absolute Gasteiger partial charge is 0.305 e. The van der Waals surface area contributed by atoms with E-state index in [9.17, 15) is 4.79 Å². The molecule has 124 valence electrons. The minimum absolute atomic E-state index is 0.0871. The second-order valence-corrected chi connectivity index (χ2v) is 5.98. The van der Waals surface area contributed by atoms with E-state index >= 15 is 0 Å². The normalized spacial score (nSPS) is 13.7. The van der Waals surface area contributed by atoms with Crippen LogP contribution in [0.2, 0.25) is 0 Å². The molecule has 0 bridgehead atoms. The van der Waals surface area contributed by atoms with E-state index in [1.54, 1.807) is 0 Å². The summed E-state index contributed by atoms with van der Waals surface area (Å²) in [5.41, 5.74) is 1.34. The van der Waals surface area contributed by atoms with E-state index in [-0.39, 0.29) is 6.42 Å². The predicted octanol–water partition coefficient (Wildman–Crippen LogP) is 4.55. The summed E-state index contributed by atoms with van der Waals surface area (Å²) in [7, 11) is 0.